The smallest absolute Gasteiger partial charge is 0.262 e. The van der Waals surface area contributed by atoms with Gasteiger partial charge in [-0.2, -0.15) is 0 Å². The third-order valence-electron chi connectivity index (χ3n) is 5.32. The molecule has 0 radical (unpaired) electrons. The molecule has 4 aromatic carbocycles. The molecule has 0 saturated carbocycles. The topological polar surface area (TPSA) is 72.5 Å². The van der Waals surface area contributed by atoms with Crippen molar-refractivity contribution < 1.29 is 19.1 Å². The van der Waals surface area contributed by atoms with Gasteiger partial charge in [-0.25, -0.2) is 0 Å². The van der Waals surface area contributed by atoms with Crippen LogP contribution >= 0.6 is 0 Å². The molecule has 0 aromatic heterocycles. The molecule has 0 fully saturated rings. The second-order valence-electron chi connectivity index (χ2n) is 7.28. The van der Waals surface area contributed by atoms with Crippen molar-refractivity contribution >= 4 is 33.9 Å². The van der Waals surface area contributed by atoms with Crippen LogP contribution in [0.4, 0.5) is 5.69 Å². The molecule has 0 saturated heterocycles. The molecule has 0 atom stereocenters. The highest BCUT2D eigenvalue weighted by Gasteiger charge is 2.31. The van der Waals surface area contributed by atoms with Crippen LogP contribution in [0.25, 0.3) is 10.8 Å². The van der Waals surface area contributed by atoms with Gasteiger partial charge in [0.15, 0.2) is 18.2 Å². The molecule has 150 valence electrons. The lowest BCUT2D eigenvalue weighted by molar-refractivity contribution is -0.118. The number of anilines is 1. The van der Waals surface area contributed by atoms with Crippen LogP contribution in [0, 0.1) is 0 Å². The van der Waals surface area contributed by atoms with E-state index in [-0.39, 0.29) is 29.3 Å². The van der Waals surface area contributed by atoms with Crippen LogP contribution in [0.2, 0.25) is 0 Å². The number of rotatable bonds is 4. The van der Waals surface area contributed by atoms with E-state index < -0.39 is 5.91 Å². The van der Waals surface area contributed by atoms with Crippen molar-refractivity contribution in [3.63, 3.8) is 0 Å². The van der Waals surface area contributed by atoms with Crippen molar-refractivity contribution in [2.75, 3.05) is 11.9 Å². The van der Waals surface area contributed by atoms with Crippen LogP contribution in [0.1, 0.15) is 31.8 Å². The van der Waals surface area contributed by atoms with Gasteiger partial charge >= 0.3 is 0 Å². The van der Waals surface area contributed by atoms with E-state index in [2.05, 4.69) is 5.32 Å². The lowest BCUT2D eigenvalue weighted by atomic mass is 9.83. The molecule has 4 aromatic rings. The molecular formula is C26H17NO4. The van der Waals surface area contributed by atoms with Crippen LogP contribution < -0.4 is 10.1 Å². The van der Waals surface area contributed by atoms with Gasteiger partial charge in [-0.1, -0.05) is 66.7 Å². The number of hydrogen-bond acceptors (Lipinski definition) is 4. The zero-order chi connectivity index (χ0) is 21.4. The van der Waals surface area contributed by atoms with Gasteiger partial charge in [0.2, 0.25) is 0 Å². The zero-order valence-electron chi connectivity index (χ0n) is 16.4. The summed E-state index contributed by atoms with van der Waals surface area (Å²) in [7, 11) is 0. The Morgan fingerprint density at radius 3 is 2.19 bits per heavy atom. The molecule has 5 nitrogen and oxygen atoms in total. The van der Waals surface area contributed by atoms with Crippen molar-refractivity contribution in [3.8, 4) is 5.75 Å². The average molecular weight is 407 g/mol. The van der Waals surface area contributed by atoms with E-state index in [1.54, 1.807) is 48.5 Å². The standard InChI is InChI=1S/C26H17NO4/c28-23(15-31-18-13-12-16-6-1-2-7-17(16)14-18)27-22-11-5-10-21-24(22)26(30)20-9-4-3-8-19(20)25(21)29/h1-14H,15H2,(H,27,28). The molecule has 5 rings (SSSR count). The third kappa shape index (κ3) is 3.36. The summed E-state index contributed by atoms with van der Waals surface area (Å²) >= 11 is 0. The van der Waals surface area contributed by atoms with Crippen LogP contribution in [0.3, 0.4) is 0 Å². The largest absolute Gasteiger partial charge is 0.484 e. The Kier molecular flexibility index (Phi) is 4.56. The van der Waals surface area contributed by atoms with Crippen molar-refractivity contribution in [1.82, 2.24) is 0 Å². The third-order valence-corrected chi connectivity index (χ3v) is 5.32. The Balaban J connectivity index is 1.36. The first-order valence-electron chi connectivity index (χ1n) is 9.85. The highest BCUT2D eigenvalue weighted by Crippen LogP contribution is 2.32. The van der Waals surface area contributed by atoms with Crippen molar-refractivity contribution in [2.24, 2.45) is 0 Å². The van der Waals surface area contributed by atoms with Gasteiger partial charge < -0.3 is 10.1 Å². The summed E-state index contributed by atoms with van der Waals surface area (Å²) in [5, 5.41) is 4.82. The first kappa shape index (κ1) is 18.8. The minimum absolute atomic E-state index is 0.213. The summed E-state index contributed by atoms with van der Waals surface area (Å²) in [4.78, 5) is 38.4. The fraction of sp³-hybridized carbons (Fsp3) is 0.0385. The zero-order valence-corrected chi connectivity index (χ0v) is 16.4. The average Bonchev–Trinajstić information content (AvgIpc) is 2.81. The lowest BCUT2D eigenvalue weighted by Gasteiger charge is -2.20. The number of nitrogens with one attached hydrogen (secondary N) is 1. The van der Waals surface area contributed by atoms with Gasteiger partial charge in [0.1, 0.15) is 5.75 Å². The normalized spacial score (nSPS) is 12.3. The van der Waals surface area contributed by atoms with Gasteiger partial charge in [0.25, 0.3) is 5.91 Å². The fourth-order valence-electron chi connectivity index (χ4n) is 3.84. The summed E-state index contributed by atoms with van der Waals surface area (Å²) in [5.41, 5.74) is 1.52. The fourth-order valence-corrected chi connectivity index (χ4v) is 3.84. The van der Waals surface area contributed by atoms with Crippen molar-refractivity contribution in [3.05, 3.63) is 107 Å². The SMILES string of the molecule is O=C(COc1ccc2ccccc2c1)Nc1cccc2c1C(=O)c1ccccc1C2=O. The second-order valence-corrected chi connectivity index (χ2v) is 7.28. The molecule has 0 heterocycles. The number of carbonyl (C=O) groups excluding carboxylic acids is 3. The van der Waals surface area contributed by atoms with Crippen LogP contribution in [0.15, 0.2) is 84.9 Å². The quantitative estimate of drug-likeness (QED) is 0.471. The molecular weight excluding hydrogens is 390 g/mol. The second kappa shape index (κ2) is 7.54. The molecule has 0 bridgehead atoms. The number of benzene rings is 4. The van der Waals surface area contributed by atoms with Gasteiger partial charge in [-0.05, 0) is 29.0 Å². The summed E-state index contributed by atoms with van der Waals surface area (Å²) in [6.07, 6.45) is 0. The summed E-state index contributed by atoms with van der Waals surface area (Å²) in [6.45, 7) is -0.221. The summed E-state index contributed by atoms with van der Waals surface area (Å²) in [6, 6.07) is 25.0. The van der Waals surface area contributed by atoms with Gasteiger partial charge in [-0.3, -0.25) is 14.4 Å². The molecule has 31 heavy (non-hydrogen) atoms. The van der Waals surface area contributed by atoms with E-state index in [0.29, 0.717) is 22.6 Å². The molecule has 1 amide bonds. The predicted molar refractivity (Wildman–Crippen MR) is 118 cm³/mol. The van der Waals surface area contributed by atoms with E-state index in [4.69, 9.17) is 4.74 Å². The van der Waals surface area contributed by atoms with Crippen LogP contribution in [-0.2, 0) is 4.79 Å². The number of ether oxygens (including phenoxy) is 1. The number of fused-ring (bicyclic) bond motifs is 3. The maximum Gasteiger partial charge on any atom is 0.262 e. The maximum atomic E-state index is 13.0. The summed E-state index contributed by atoms with van der Waals surface area (Å²) < 4.78 is 5.63. The number of carbonyl (C=O) groups is 3. The molecule has 5 heteroatoms. The molecule has 0 spiro atoms. The monoisotopic (exact) mass is 407 g/mol. The van der Waals surface area contributed by atoms with E-state index in [9.17, 15) is 14.4 Å². The van der Waals surface area contributed by atoms with E-state index in [0.717, 1.165) is 10.8 Å². The number of amides is 1. The Morgan fingerprint density at radius 1 is 0.710 bits per heavy atom. The van der Waals surface area contributed by atoms with E-state index in [1.807, 2.05) is 36.4 Å². The molecule has 1 aliphatic carbocycles. The number of hydrogen-bond donors (Lipinski definition) is 1. The first-order chi connectivity index (χ1) is 15.1. The first-order valence-corrected chi connectivity index (χ1v) is 9.85. The Hall–Kier alpha value is -4.25. The lowest BCUT2D eigenvalue weighted by Crippen LogP contribution is -2.25. The maximum absolute atomic E-state index is 13.0. The Bertz CT molecular complexity index is 1370. The Morgan fingerprint density at radius 2 is 1.39 bits per heavy atom. The van der Waals surface area contributed by atoms with E-state index >= 15 is 0 Å². The minimum Gasteiger partial charge on any atom is -0.484 e. The molecule has 1 aliphatic rings. The van der Waals surface area contributed by atoms with Crippen LogP contribution in [0.5, 0.6) is 5.75 Å². The molecule has 1 N–H and O–H groups in total. The minimum atomic E-state index is -0.416. The van der Waals surface area contributed by atoms with Crippen molar-refractivity contribution in [2.45, 2.75) is 0 Å². The highest BCUT2D eigenvalue weighted by atomic mass is 16.5. The molecule has 0 aliphatic heterocycles. The molecule has 0 unspecified atom stereocenters. The van der Waals surface area contributed by atoms with Gasteiger partial charge in [0, 0.05) is 16.7 Å². The van der Waals surface area contributed by atoms with E-state index in [1.165, 1.54) is 0 Å². The van der Waals surface area contributed by atoms with Crippen LogP contribution in [-0.4, -0.2) is 24.1 Å². The van der Waals surface area contributed by atoms with Gasteiger partial charge in [0.05, 0.1) is 11.3 Å². The van der Waals surface area contributed by atoms with Crippen molar-refractivity contribution in [1.29, 1.82) is 0 Å². The van der Waals surface area contributed by atoms with Gasteiger partial charge in [-0.15, -0.1) is 0 Å². The summed E-state index contributed by atoms with van der Waals surface area (Å²) in [5.74, 6) is -0.352. The predicted octanol–water partition coefficient (Wildman–Crippen LogP) is 4.63. The Labute approximate surface area is 178 Å². The number of ketones is 2. The highest BCUT2D eigenvalue weighted by molar-refractivity contribution is 6.30.